The van der Waals surface area contributed by atoms with Gasteiger partial charge in [-0.1, -0.05) is 36.0 Å². The van der Waals surface area contributed by atoms with Gasteiger partial charge in [-0.15, -0.1) is 5.10 Å². The van der Waals surface area contributed by atoms with Gasteiger partial charge in [0, 0.05) is 12.2 Å². The van der Waals surface area contributed by atoms with Gasteiger partial charge in [-0.3, -0.25) is 4.79 Å². The van der Waals surface area contributed by atoms with E-state index < -0.39 is 0 Å². The van der Waals surface area contributed by atoms with Crippen LogP contribution in [0, 0.1) is 25.2 Å². The predicted octanol–water partition coefficient (Wildman–Crippen LogP) is 3.27. The third-order valence-corrected chi connectivity index (χ3v) is 4.84. The highest BCUT2D eigenvalue weighted by molar-refractivity contribution is 7.99. The Bertz CT molecular complexity index is 1010. The first-order chi connectivity index (χ1) is 13.1. The topological polar surface area (TPSA) is 96.5 Å². The summed E-state index contributed by atoms with van der Waals surface area (Å²) in [6, 6.07) is 15.1. The van der Waals surface area contributed by atoms with Crippen LogP contribution in [0.4, 0.5) is 5.69 Å². The lowest BCUT2D eigenvalue weighted by Gasteiger charge is -2.09. The van der Waals surface area contributed by atoms with Crippen molar-refractivity contribution in [2.45, 2.75) is 25.4 Å². The number of carbonyl (C=O) groups excluding carboxylic acids is 1. The molecule has 1 amide bonds. The lowest BCUT2D eigenvalue weighted by Crippen LogP contribution is -2.13. The number of hydrogen-bond acceptors (Lipinski definition) is 6. The van der Waals surface area contributed by atoms with Crippen molar-refractivity contribution in [1.29, 1.82) is 5.26 Å². The second kappa shape index (κ2) is 8.47. The highest BCUT2D eigenvalue weighted by Gasteiger charge is 2.13. The lowest BCUT2D eigenvalue weighted by atomic mass is 10.1. The zero-order valence-electron chi connectivity index (χ0n) is 15.0. The zero-order chi connectivity index (χ0) is 19.2. The number of nitrogens with one attached hydrogen (secondary N) is 1. The molecule has 0 unspecified atom stereocenters. The maximum absolute atomic E-state index is 12.2. The Morgan fingerprint density at radius 2 is 2.07 bits per heavy atom. The highest BCUT2D eigenvalue weighted by atomic mass is 32.2. The fourth-order valence-electron chi connectivity index (χ4n) is 2.51. The number of rotatable bonds is 6. The number of thioether (sulfide) groups is 1. The van der Waals surface area contributed by atoms with Crippen LogP contribution in [0.5, 0.6) is 0 Å². The van der Waals surface area contributed by atoms with E-state index in [0.717, 1.165) is 16.8 Å². The van der Waals surface area contributed by atoms with E-state index in [1.54, 1.807) is 28.9 Å². The Kier molecular flexibility index (Phi) is 5.84. The van der Waals surface area contributed by atoms with Crippen LogP contribution in [0.15, 0.2) is 47.6 Å². The van der Waals surface area contributed by atoms with Gasteiger partial charge in [-0.05, 0) is 53.6 Å². The second-order valence-corrected chi connectivity index (χ2v) is 7.03. The number of benzene rings is 2. The summed E-state index contributed by atoms with van der Waals surface area (Å²) in [5.41, 5.74) is 4.08. The first-order valence-electron chi connectivity index (χ1n) is 8.36. The fraction of sp³-hybridized carbons (Fsp3) is 0.211. The largest absolute Gasteiger partial charge is 0.325 e. The van der Waals surface area contributed by atoms with E-state index >= 15 is 0 Å². The minimum absolute atomic E-state index is 0.157. The minimum atomic E-state index is -0.157. The molecule has 1 heterocycles. The number of tetrazole rings is 1. The van der Waals surface area contributed by atoms with Crippen LogP contribution in [-0.4, -0.2) is 31.9 Å². The Labute approximate surface area is 161 Å². The number of anilines is 1. The van der Waals surface area contributed by atoms with Crippen LogP contribution < -0.4 is 5.32 Å². The van der Waals surface area contributed by atoms with Crippen molar-refractivity contribution in [2.24, 2.45) is 0 Å². The van der Waals surface area contributed by atoms with E-state index in [1.807, 2.05) is 32.0 Å². The molecule has 1 N–H and O–H groups in total. The number of aryl methyl sites for hydroxylation is 2. The number of amides is 1. The number of para-hydroxylation sites is 1. The van der Waals surface area contributed by atoms with E-state index in [1.165, 1.54) is 11.8 Å². The first-order valence-corrected chi connectivity index (χ1v) is 9.35. The maximum atomic E-state index is 12.2. The number of aromatic nitrogens is 4. The third kappa shape index (κ3) is 4.51. The van der Waals surface area contributed by atoms with Gasteiger partial charge in [0.15, 0.2) is 0 Å². The quantitative estimate of drug-likeness (QED) is 0.661. The molecule has 0 saturated carbocycles. The molecule has 0 fully saturated rings. The molecular weight excluding hydrogens is 360 g/mol. The van der Waals surface area contributed by atoms with Crippen molar-refractivity contribution >= 4 is 23.4 Å². The second-order valence-electron chi connectivity index (χ2n) is 5.97. The highest BCUT2D eigenvalue weighted by Crippen LogP contribution is 2.22. The van der Waals surface area contributed by atoms with Crippen molar-refractivity contribution in [1.82, 2.24) is 20.2 Å². The summed E-state index contributed by atoms with van der Waals surface area (Å²) in [5.74, 6) is 0.363. The molecule has 0 bridgehead atoms. The SMILES string of the molecule is Cc1ccc(C)c(-n2nnnc2SCCC(=O)Nc2ccccc2C#N)c1. The van der Waals surface area contributed by atoms with Crippen molar-refractivity contribution < 1.29 is 4.79 Å². The van der Waals surface area contributed by atoms with Crippen LogP contribution in [-0.2, 0) is 4.79 Å². The summed E-state index contributed by atoms with van der Waals surface area (Å²) in [7, 11) is 0. The number of nitriles is 1. The molecule has 0 saturated heterocycles. The molecule has 136 valence electrons. The summed E-state index contributed by atoms with van der Waals surface area (Å²) >= 11 is 1.41. The van der Waals surface area contributed by atoms with Crippen LogP contribution in [0.2, 0.25) is 0 Å². The van der Waals surface area contributed by atoms with Crippen LogP contribution in [0.3, 0.4) is 0 Å². The summed E-state index contributed by atoms with van der Waals surface area (Å²) in [5, 5.41) is 24.4. The molecule has 0 spiro atoms. The molecule has 1 aromatic heterocycles. The first kappa shape index (κ1) is 18.6. The number of hydrogen-bond donors (Lipinski definition) is 1. The van der Waals surface area contributed by atoms with E-state index in [2.05, 4.69) is 26.9 Å². The average molecular weight is 378 g/mol. The standard InChI is InChI=1S/C19H18N6OS/c1-13-7-8-14(2)17(11-13)25-19(22-23-24-25)27-10-9-18(26)21-16-6-4-3-5-15(16)12-20/h3-8,11H,9-10H2,1-2H3,(H,21,26). The molecule has 0 aliphatic rings. The van der Waals surface area contributed by atoms with Gasteiger partial charge in [-0.25, -0.2) is 0 Å². The Balaban J connectivity index is 1.62. The van der Waals surface area contributed by atoms with Crippen molar-refractivity contribution in [3.63, 3.8) is 0 Å². The molecule has 0 radical (unpaired) electrons. The molecule has 2 aromatic carbocycles. The molecule has 0 atom stereocenters. The molecule has 7 nitrogen and oxygen atoms in total. The van der Waals surface area contributed by atoms with Gasteiger partial charge in [0.1, 0.15) is 6.07 Å². The molecule has 8 heteroatoms. The summed E-state index contributed by atoms with van der Waals surface area (Å²) < 4.78 is 1.69. The number of nitrogens with zero attached hydrogens (tertiary/aromatic N) is 5. The van der Waals surface area contributed by atoms with Gasteiger partial charge in [-0.2, -0.15) is 9.94 Å². The maximum Gasteiger partial charge on any atom is 0.225 e. The molecule has 0 aliphatic heterocycles. The Morgan fingerprint density at radius 1 is 1.26 bits per heavy atom. The normalized spacial score (nSPS) is 10.4. The predicted molar refractivity (Wildman–Crippen MR) is 104 cm³/mol. The molecular formula is C19H18N6OS. The smallest absolute Gasteiger partial charge is 0.225 e. The number of carbonyl (C=O) groups is 1. The summed E-state index contributed by atoms with van der Waals surface area (Å²) in [6.07, 6.45) is 0.282. The summed E-state index contributed by atoms with van der Waals surface area (Å²) in [4.78, 5) is 12.2. The molecule has 3 aromatic rings. The van der Waals surface area contributed by atoms with Gasteiger partial charge in [0.2, 0.25) is 11.1 Å². The van der Waals surface area contributed by atoms with E-state index in [9.17, 15) is 4.79 Å². The van der Waals surface area contributed by atoms with Crippen LogP contribution in [0.25, 0.3) is 5.69 Å². The van der Waals surface area contributed by atoms with E-state index in [0.29, 0.717) is 22.2 Å². The van der Waals surface area contributed by atoms with Crippen molar-refractivity contribution in [2.75, 3.05) is 11.1 Å². The molecule has 27 heavy (non-hydrogen) atoms. The van der Waals surface area contributed by atoms with Crippen molar-refractivity contribution in [3.05, 3.63) is 59.2 Å². The van der Waals surface area contributed by atoms with Gasteiger partial charge < -0.3 is 5.32 Å². The Morgan fingerprint density at radius 3 is 2.89 bits per heavy atom. The zero-order valence-corrected chi connectivity index (χ0v) is 15.8. The van der Waals surface area contributed by atoms with E-state index in [-0.39, 0.29) is 12.3 Å². The van der Waals surface area contributed by atoms with Gasteiger partial charge in [0.05, 0.1) is 16.9 Å². The van der Waals surface area contributed by atoms with Gasteiger partial charge in [0.25, 0.3) is 0 Å². The third-order valence-electron chi connectivity index (χ3n) is 3.92. The monoisotopic (exact) mass is 378 g/mol. The molecule has 0 aliphatic carbocycles. The van der Waals surface area contributed by atoms with Gasteiger partial charge >= 0.3 is 0 Å². The molecule has 3 rings (SSSR count). The van der Waals surface area contributed by atoms with E-state index in [4.69, 9.17) is 5.26 Å². The Hall–Kier alpha value is -3.18. The minimum Gasteiger partial charge on any atom is -0.325 e. The van der Waals surface area contributed by atoms with Crippen LogP contribution in [0.1, 0.15) is 23.1 Å². The lowest BCUT2D eigenvalue weighted by molar-refractivity contribution is -0.115. The average Bonchev–Trinajstić information content (AvgIpc) is 3.12. The van der Waals surface area contributed by atoms with Crippen molar-refractivity contribution in [3.8, 4) is 11.8 Å². The fourth-order valence-corrected chi connectivity index (χ4v) is 3.33. The summed E-state index contributed by atoms with van der Waals surface area (Å²) in [6.45, 7) is 4.02. The van der Waals surface area contributed by atoms with Crippen LogP contribution >= 0.6 is 11.8 Å².